The lowest BCUT2D eigenvalue weighted by molar-refractivity contribution is -0.122. The van der Waals surface area contributed by atoms with Crippen LogP contribution in [0, 0.1) is 17.8 Å². The van der Waals surface area contributed by atoms with Crippen molar-refractivity contribution in [1.82, 2.24) is 0 Å². The Balaban J connectivity index is 1.32. The van der Waals surface area contributed by atoms with Crippen LogP contribution < -0.4 is 20.7 Å². The molecule has 2 saturated heterocycles. The summed E-state index contributed by atoms with van der Waals surface area (Å²) >= 11 is 3.51. The average molecular weight is 863 g/mol. The third kappa shape index (κ3) is 8.10. The van der Waals surface area contributed by atoms with Gasteiger partial charge in [-0.2, -0.15) is 0 Å². The molecule has 2 heterocycles. The lowest BCUT2D eigenvalue weighted by Gasteiger charge is -2.46. The number of hydrogen-bond acceptors (Lipinski definition) is 8. The molecule has 4 aromatic carbocycles. The van der Waals surface area contributed by atoms with Gasteiger partial charge in [-0.3, -0.25) is 14.5 Å². The first kappa shape index (κ1) is 42.1. The highest BCUT2D eigenvalue weighted by Gasteiger charge is 2.58. The number of phenols is 1. The maximum Gasteiger partial charge on any atom is 0.488 e. The average Bonchev–Trinajstić information content (AvgIpc) is 3.46. The Bertz CT molecular complexity index is 2170. The first-order valence-corrected chi connectivity index (χ1v) is 22.8. The molecule has 0 spiro atoms. The van der Waals surface area contributed by atoms with Crippen LogP contribution in [0.5, 0.6) is 5.75 Å². The molecule has 2 fully saturated rings. The van der Waals surface area contributed by atoms with Crippen molar-refractivity contribution in [3.05, 3.63) is 130 Å². The summed E-state index contributed by atoms with van der Waals surface area (Å²) in [6.07, 6.45) is 3.66. The number of nitrogens with zero attached hydrogens (tertiary/aromatic N) is 1. The van der Waals surface area contributed by atoms with Gasteiger partial charge < -0.3 is 29.3 Å². The van der Waals surface area contributed by atoms with E-state index in [1.165, 1.54) is 17.0 Å². The second kappa shape index (κ2) is 17.3. The van der Waals surface area contributed by atoms with Crippen LogP contribution in [0.15, 0.2) is 124 Å². The van der Waals surface area contributed by atoms with Gasteiger partial charge in [0.15, 0.2) is 0 Å². The van der Waals surface area contributed by atoms with Crippen LogP contribution in [-0.2, 0) is 18.7 Å². The number of rotatable bonds is 12. The van der Waals surface area contributed by atoms with Crippen molar-refractivity contribution >= 4 is 77.9 Å². The SMILES string of the molecule is CC/C(=C\c1cc(Br)ccc1O)CC[C@H]1OB(O)C[C@H]2C1=C(CO[Si](c1ccccc1)(c1ccccc1)C(C)(C)C)C[C@H]1C(=O)N(c3cccc(B(O)O)c3)C(=O)[C@H]12. The summed E-state index contributed by atoms with van der Waals surface area (Å²) in [5.41, 5.74) is 4.04. The van der Waals surface area contributed by atoms with Gasteiger partial charge in [0.25, 0.3) is 8.32 Å². The first-order chi connectivity index (χ1) is 27.7. The fraction of sp³-hybridized carbons (Fsp3) is 0.333. The normalized spacial score (nSPS) is 21.3. The van der Waals surface area contributed by atoms with Gasteiger partial charge in [0.1, 0.15) is 5.75 Å². The van der Waals surface area contributed by atoms with E-state index < -0.39 is 46.4 Å². The monoisotopic (exact) mass is 861 g/mol. The maximum absolute atomic E-state index is 14.6. The lowest BCUT2D eigenvalue weighted by Crippen LogP contribution is -2.66. The summed E-state index contributed by atoms with van der Waals surface area (Å²) in [6, 6.07) is 32.3. The molecule has 58 heavy (non-hydrogen) atoms. The Morgan fingerprint density at radius 1 is 0.948 bits per heavy atom. The summed E-state index contributed by atoms with van der Waals surface area (Å²) < 4.78 is 14.8. The van der Waals surface area contributed by atoms with E-state index in [0.29, 0.717) is 18.4 Å². The lowest BCUT2D eigenvalue weighted by atomic mass is 9.58. The Kier molecular flexibility index (Phi) is 12.5. The summed E-state index contributed by atoms with van der Waals surface area (Å²) in [7, 11) is -5.97. The van der Waals surface area contributed by atoms with Gasteiger partial charge in [0.05, 0.1) is 30.2 Å². The molecule has 1 aliphatic carbocycles. The van der Waals surface area contributed by atoms with Crippen molar-refractivity contribution in [2.24, 2.45) is 17.8 Å². The van der Waals surface area contributed by atoms with Crippen LogP contribution >= 0.6 is 15.9 Å². The van der Waals surface area contributed by atoms with Gasteiger partial charge in [-0.15, -0.1) is 0 Å². The number of amides is 2. The van der Waals surface area contributed by atoms with E-state index in [0.717, 1.165) is 38.0 Å². The standard InChI is InChI=1S/C45H50B2BrNO8Si/c1-5-29(23-30-24-33(48)20-21-39(30)50)19-22-40-41-31(28-56-58(45(2,3)4,35-15-8-6-9-16-35)36-17-10-7-11-18-36)25-37-42(38(41)27-46(53)57-40)44(52)49(43(37)51)34-14-12-13-32(26-34)47(54)55/h6-18,20-21,23-24,26,37-38,40,42,50,53-55H,5,19,22,25,27-28H2,1-4H3/b29-23+/t37-,38+,40-,42-/m1/s1. The highest BCUT2D eigenvalue weighted by Crippen LogP contribution is 2.52. The summed E-state index contributed by atoms with van der Waals surface area (Å²) in [5.74, 6) is -2.51. The number of carbonyl (C=O) groups is 2. The van der Waals surface area contributed by atoms with E-state index >= 15 is 0 Å². The number of benzene rings is 4. The zero-order valence-electron chi connectivity index (χ0n) is 33.3. The van der Waals surface area contributed by atoms with E-state index in [1.54, 1.807) is 24.3 Å². The Hall–Kier alpha value is -4.07. The van der Waals surface area contributed by atoms with Gasteiger partial charge in [0, 0.05) is 10.0 Å². The molecule has 0 unspecified atom stereocenters. The minimum Gasteiger partial charge on any atom is -0.507 e. The number of imide groups is 1. The van der Waals surface area contributed by atoms with Crippen LogP contribution in [0.3, 0.4) is 0 Å². The Morgan fingerprint density at radius 3 is 2.24 bits per heavy atom. The topological polar surface area (TPSA) is 137 Å². The van der Waals surface area contributed by atoms with Crippen molar-refractivity contribution in [3.8, 4) is 5.75 Å². The number of anilines is 1. The molecule has 0 radical (unpaired) electrons. The number of allylic oxidation sites excluding steroid dienone is 1. The molecule has 7 rings (SSSR count). The molecule has 3 aliphatic rings. The smallest absolute Gasteiger partial charge is 0.488 e. The quantitative estimate of drug-likeness (QED) is 0.0776. The molecule has 0 aromatic heterocycles. The predicted octanol–water partition coefficient (Wildman–Crippen LogP) is 5.99. The number of aromatic hydroxyl groups is 1. The van der Waals surface area contributed by atoms with Crippen molar-refractivity contribution in [1.29, 1.82) is 0 Å². The zero-order chi connectivity index (χ0) is 41.4. The molecule has 13 heteroatoms. The fourth-order valence-corrected chi connectivity index (χ4v) is 14.4. The first-order valence-electron chi connectivity index (χ1n) is 20.1. The summed E-state index contributed by atoms with van der Waals surface area (Å²) in [5, 5.41) is 43.8. The number of carbonyl (C=O) groups excluding carboxylic acids is 2. The zero-order valence-corrected chi connectivity index (χ0v) is 35.9. The minimum atomic E-state index is -3.04. The number of halogens is 1. The van der Waals surface area contributed by atoms with Gasteiger partial charge in [-0.25, -0.2) is 0 Å². The highest BCUT2D eigenvalue weighted by atomic mass is 79.9. The molecule has 4 atom stereocenters. The maximum atomic E-state index is 14.6. The van der Waals surface area contributed by atoms with Crippen molar-refractivity contribution in [2.45, 2.75) is 70.8 Å². The molecule has 0 bridgehead atoms. The van der Waals surface area contributed by atoms with Gasteiger partial charge >= 0.3 is 14.2 Å². The van der Waals surface area contributed by atoms with Crippen LogP contribution in [-0.4, -0.2) is 67.3 Å². The number of fused-ring (bicyclic) bond motifs is 3. The van der Waals surface area contributed by atoms with E-state index in [-0.39, 0.29) is 53.1 Å². The van der Waals surface area contributed by atoms with E-state index in [4.69, 9.17) is 9.08 Å². The summed E-state index contributed by atoms with van der Waals surface area (Å²) in [4.78, 5) is 30.3. The summed E-state index contributed by atoms with van der Waals surface area (Å²) in [6.45, 7) is 8.92. The van der Waals surface area contributed by atoms with Crippen LogP contribution in [0.4, 0.5) is 5.69 Å². The molecule has 4 N–H and O–H groups in total. The second-order valence-corrected chi connectivity index (χ2v) is 21.9. The van der Waals surface area contributed by atoms with Crippen molar-refractivity contribution in [3.63, 3.8) is 0 Å². The highest BCUT2D eigenvalue weighted by molar-refractivity contribution is 9.10. The van der Waals surface area contributed by atoms with E-state index in [2.05, 4.69) is 67.9 Å². The molecule has 2 aliphatic heterocycles. The molecule has 2 amide bonds. The van der Waals surface area contributed by atoms with Gasteiger partial charge in [0.2, 0.25) is 11.8 Å². The molecule has 0 saturated carbocycles. The van der Waals surface area contributed by atoms with E-state index in [1.807, 2.05) is 48.5 Å². The number of phenolic OH excluding ortho intramolecular Hbond substituents is 1. The van der Waals surface area contributed by atoms with E-state index in [9.17, 15) is 29.8 Å². The number of hydrogen-bond donors (Lipinski definition) is 4. The third-order valence-electron chi connectivity index (χ3n) is 12.1. The molecule has 9 nitrogen and oxygen atoms in total. The predicted molar refractivity (Wildman–Crippen MR) is 235 cm³/mol. The van der Waals surface area contributed by atoms with Crippen molar-refractivity contribution in [2.75, 3.05) is 11.5 Å². The Labute approximate surface area is 351 Å². The molecule has 300 valence electrons. The largest absolute Gasteiger partial charge is 0.507 e. The van der Waals surface area contributed by atoms with Crippen molar-refractivity contribution < 1.29 is 38.8 Å². The fourth-order valence-electron chi connectivity index (χ4n) is 9.46. The van der Waals surface area contributed by atoms with Crippen LogP contribution in [0.2, 0.25) is 11.4 Å². The molecule has 4 aromatic rings. The van der Waals surface area contributed by atoms with Crippen LogP contribution in [0.25, 0.3) is 6.08 Å². The van der Waals surface area contributed by atoms with Crippen LogP contribution in [0.1, 0.15) is 58.9 Å². The van der Waals surface area contributed by atoms with Gasteiger partial charge in [-0.1, -0.05) is 128 Å². The second-order valence-electron chi connectivity index (χ2n) is 16.6. The Morgan fingerprint density at radius 2 is 1.62 bits per heavy atom. The minimum absolute atomic E-state index is 0.139. The molecular weight excluding hydrogens is 812 g/mol. The molecular formula is C45H50B2BrNO8Si. The van der Waals surface area contributed by atoms with Gasteiger partial charge in [-0.05, 0) is 100 Å². The third-order valence-corrected chi connectivity index (χ3v) is 17.6.